The number of pyridine rings is 1. The summed E-state index contributed by atoms with van der Waals surface area (Å²) in [5, 5.41) is 14.4. The van der Waals surface area contributed by atoms with Gasteiger partial charge >= 0.3 is 5.97 Å². The molecule has 6 heteroatoms. The minimum absolute atomic E-state index is 0.173. The summed E-state index contributed by atoms with van der Waals surface area (Å²) in [6.45, 7) is 0.291. The van der Waals surface area contributed by atoms with E-state index in [0.29, 0.717) is 12.1 Å². The highest BCUT2D eigenvalue weighted by molar-refractivity contribution is 6.08. The van der Waals surface area contributed by atoms with Crippen molar-refractivity contribution in [2.24, 2.45) is 0 Å². The maximum atomic E-state index is 13.9. The van der Waals surface area contributed by atoms with Gasteiger partial charge in [-0.15, -0.1) is 0 Å². The number of carbonyl (C=O) groups excluding carboxylic acids is 1. The van der Waals surface area contributed by atoms with E-state index < -0.39 is 5.97 Å². The lowest BCUT2D eigenvalue weighted by molar-refractivity contribution is 0.0696. The molecular formula is C35H27N3O3. The predicted octanol–water partition coefficient (Wildman–Crippen LogP) is 7.02. The molecule has 0 spiro atoms. The topological polar surface area (TPSA) is 84.2 Å². The molecule has 4 aromatic carbocycles. The number of carbonyl (C=O) groups is 2. The summed E-state index contributed by atoms with van der Waals surface area (Å²) >= 11 is 0. The molecule has 6 nitrogen and oxygen atoms in total. The fourth-order valence-corrected chi connectivity index (χ4v) is 5.80. The molecule has 0 saturated heterocycles. The Hall–Kier alpha value is -5.23. The van der Waals surface area contributed by atoms with Crippen molar-refractivity contribution in [3.05, 3.63) is 138 Å². The third-order valence-electron chi connectivity index (χ3n) is 8.11. The van der Waals surface area contributed by atoms with Crippen molar-refractivity contribution in [3.63, 3.8) is 0 Å². The molecule has 6 aromatic rings. The number of aromatic nitrogens is 2. The number of fused-ring (bicyclic) bond motifs is 2. The zero-order chi connectivity index (χ0) is 28.0. The zero-order valence-corrected chi connectivity index (χ0v) is 22.2. The van der Waals surface area contributed by atoms with Crippen molar-refractivity contribution in [1.29, 1.82) is 0 Å². The second-order valence-corrected chi connectivity index (χ2v) is 10.6. The number of nitrogens with one attached hydrogen (secondary N) is 1. The van der Waals surface area contributed by atoms with Crippen LogP contribution in [0.2, 0.25) is 0 Å². The van der Waals surface area contributed by atoms with Gasteiger partial charge in [0.25, 0.3) is 5.91 Å². The van der Waals surface area contributed by atoms with Gasteiger partial charge in [-0.05, 0) is 83.6 Å². The van der Waals surface area contributed by atoms with Crippen LogP contribution in [0, 0.1) is 0 Å². The molecule has 0 radical (unpaired) electrons. The second-order valence-electron chi connectivity index (χ2n) is 10.6. The van der Waals surface area contributed by atoms with Crippen LogP contribution in [0.1, 0.15) is 44.7 Å². The Kier molecular flexibility index (Phi) is 5.89. The molecule has 0 aliphatic heterocycles. The summed E-state index contributed by atoms with van der Waals surface area (Å²) in [7, 11) is 0. The first-order chi connectivity index (χ1) is 20.0. The maximum Gasteiger partial charge on any atom is 0.335 e. The lowest BCUT2D eigenvalue weighted by Gasteiger charge is -2.22. The second kappa shape index (κ2) is 9.75. The molecule has 0 bridgehead atoms. The number of hydrogen-bond acceptors (Lipinski definition) is 3. The molecule has 1 amide bonds. The van der Waals surface area contributed by atoms with Crippen LogP contribution >= 0.6 is 0 Å². The van der Waals surface area contributed by atoms with Gasteiger partial charge in [0, 0.05) is 29.7 Å². The van der Waals surface area contributed by atoms with Gasteiger partial charge < -0.3 is 15.0 Å². The molecule has 41 heavy (non-hydrogen) atoms. The number of rotatable bonds is 7. The molecule has 2 aromatic heterocycles. The third-order valence-corrected chi connectivity index (χ3v) is 8.11. The standard InChI is InChI=1S/C35H27N3O3/c39-33(37-22-23-8-10-25(11-9-23)34(40)41)30-21-28(24-5-2-1-3-6-24)19-27-14-18-38(32(27)30)35(15-16-35)29-12-13-31-26(20-29)7-4-17-36-31/h1-14,17-21H,15-16,22H2,(H,37,39)(H,40,41). The molecule has 0 atom stereocenters. The van der Waals surface area contributed by atoms with Crippen LogP contribution in [0.15, 0.2) is 116 Å². The average molecular weight is 538 g/mol. The van der Waals surface area contributed by atoms with Gasteiger partial charge in [-0.25, -0.2) is 4.79 Å². The summed E-state index contributed by atoms with van der Waals surface area (Å²) < 4.78 is 2.28. The molecule has 2 heterocycles. The van der Waals surface area contributed by atoms with Gasteiger partial charge in [-0.1, -0.05) is 54.6 Å². The van der Waals surface area contributed by atoms with Crippen LogP contribution in [0.4, 0.5) is 0 Å². The highest BCUT2D eigenvalue weighted by Crippen LogP contribution is 2.52. The number of nitrogens with zero attached hydrogens (tertiary/aromatic N) is 2. The van der Waals surface area contributed by atoms with Crippen LogP contribution in [0.3, 0.4) is 0 Å². The molecule has 200 valence electrons. The van der Waals surface area contributed by atoms with Gasteiger partial charge in [0.15, 0.2) is 0 Å². The van der Waals surface area contributed by atoms with Gasteiger partial charge in [0.05, 0.1) is 27.7 Å². The number of carboxylic acid groups (broad SMARTS) is 1. The van der Waals surface area contributed by atoms with Crippen molar-refractivity contribution in [2.75, 3.05) is 0 Å². The Balaban J connectivity index is 1.31. The zero-order valence-electron chi connectivity index (χ0n) is 22.2. The smallest absolute Gasteiger partial charge is 0.335 e. The first-order valence-electron chi connectivity index (χ1n) is 13.7. The Morgan fingerprint density at radius 3 is 2.39 bits per heavy atom. The van der Waals surface area contributed by atoms with Crippen LogP contribution in [0.5, 0.6) is 0 Å². The van der Waals surface area contributed by atoms with Gasteiger partial charge in [-0.2, -0.15) is 0 Å². The van der Waals surface area contributed by atoms with E-state index in [2.05, 4.69) is 69.6 Å². The summed E-state index contributed by atoms with van der Waals surface area (Å²) in [5.74, 6) is -1.15. The van der Waals surface area contributed by atoms with Gasteiger partial charge in [0.1, 0.15) is 0 Å². The van der Waals surface area contributed by atoms with E-state index in [1.54, 1.807) is 24.3 Å². The largest absolute Gasteiger partial charge is 0.478 e. The first kappa shape index (κ1) is 24.8. The summed E-state index contributed by atoms with van der Waals surface area (Å²) in [4.78, 5) is 29.6. The SMILES string of the molecule is O=C(O)c1ccc(CNC(=O)c2cc(-c3ccccc3)cc3ccn(C4(c5ccc6ncccc6c5)CC4)c23)cc1. The van der Waals surface area contributed by atoms with Crippen molar-refractivity contribution in [3.8, 4) is 11.1 Å². The number of aromatic carboxylic acids is 1. The quantitative estimate of drug-likeness (QED) is 0.229. The van der Waals surface area contributed by atoms with E-state index in [1.807, 2.05) is 36.5 Å². The number of amides is 1. The maximum absolute atomic E-state index is 13.9. The molecule has 0 unspecified atom stereocenters. The van der Waals surface area contributed by atoms with Crippen LogP contribution < -0.4 is 5.32 Å². The molecule has 1 saturated carbocycles. The van der Waals surface area contributed by atoms with E-state index in [-0.39, 0.29) is 17.0 Å². The highest BCUT2D eigenvalue weighted by Gasteiger charge is 2.47. The first-order valence-corrected chi connectivity index (χ1v) is 13.7. The Morgan fingerprint density at radius 1 is 0.829 bits per heavy atom. The van der Waals surface area contributed by atoms with Crippen molar-refractivity contribution < 1.29 is 14.7 Å². The number of benzene rings is 4. The van der Waals surface area contributed by atoms with E-state index in [0.717, 1.165) is 51.3 Å². The monoisotopic (exact) mass is 537 g/mol. The van der Waals surface area contributed by atoms with E-state index >= 15 is 0 Å². The van der Waals surface area contributed by atoms with E-state index in [9.17, 15) is 14.7 Å². The Bertz CT molecular complexity index is 1940. The molecule has 1 aliphatic rings. The summed E-state index contributed by atoms with van der Waals surface area (Å²) in [6.07, 6.45) is 5.89. The van der Waals surface area contributed by atoms with Crippen molar-refractivity contribution in [1.82, 2.24) is 14.9 Å². The van der Waals surface area contributed by atoms with Crippen LogP contribution in [0.25, 0.3) is 32.9 Å². The van der Waals surface area contributed by atoms with Crippen molar-refractivity contribution >= 4 is 33.7 Å². The normalized spacial score (nSPS) is 13.8. The highest BCUT2D eigenvalue weighted by atomic mass is 16.4. The Morgan fingerprint density at radius 2 is 1.63 bits per heavy atom. The van der Waals surface area contributed by atoms with Crippen molar-refractivity contribution in [2.45, 2.75) is 24.9 Å². The number of carboxylic acids is 1. The molecule has 7 rings (SSSR count). The van der Waals surface area contributed by atoms with E-state index in [1.165, 1.54) is 5.56 Å². The third kappa shape index (κ3) is 4.43. The Labute approximate surface area is 236 Å². The van der Waals surface area contributed by atoms with Gasteiger partial charge in [-0.3, -0.25) is 9.78 Å². The van der Waals surface area contributed by atoms with Gasteiger partial charge in [0.2, 0.25) is 0 Å². The summed E-state index contributed by atoms with van der Waals surface area (Å²) in [6, 6.07) is 33.4. The van der Waals surface area contributed by atoms with E-state index in [4.69, 9.17) is 0 Å². The summed E-state index contributed by atoms with van der Waals surface area (Å²) in [5.41, 5.74) is 6.56. The lowest BCUT2D eigenvalue weighted by atomic mass is 9.98. The molecular weight excluding hydrogens is 510 g/mol. The minimum atomic E-state index is -0.974. The minimum Gasteiger partial charge on any atom is -0.478 e. The lowest BCUT2D eigenvalue weighted by Crippen LogP contribution is -2.25. The van der Waals surface area contributed by atoms with Crippen LogP contribution in [-0.4, -0.2) is 26.5 Å². The predicted molar refractivity (Wildman–Crippen MR) is 160 cm³/mol. The fraction of sp³-hybridized carbons (Fsp3) is 0.114. The molecule has 2 N–H and O–H groups in total. The average Bonchev–Trinajstić information content (AvgIpc) is 3.71. The molecule has 1 aliphatic carbocycles. The molecule has 1 fully saturated rings. The fourth-order valence-electron chi connectivity index (χ4n) is 5.80. The number of hydrogen-bond donors (Lipinski definition) is 2. The van der Waals surface area contributed by atoms with Crippen LogP contribution in [-0.2, 0) is 12.1 Å².